The highest BCUT2D eigenvalue weighted by Crippen LogP contribution is 2.37. The lowest BCUT2D eigenvalue weighted by atomic mass is 10.1. The Morgan fingerprint density at radius 2 is 1.81 bits per heavy atom. The molecule has 0 aliphatic rings. The molecule has 90 valence electrons. The third-order valence-electron chi connectivity index (χ3n) is 2.22. The Labute approximate surface area is 95.5 Å². The van der Waals surface area contributed by atoms with Gasteiger partial charge in [-0.15, -0.1) is 0 Å². The van der Waals surface area contributed by atoms with Crippen LogP contribution in [-0.4, -0.2) is 9.79 Å². The van der Waals surface area contributed by atoms with E-state index in [9.17, 15) is 4.57 Å². The molecule has 0 aromatic heterocycles. The van der Waals surface area contributed by atoms with Crippen LogP contribution in [0.2, 0.25) is 0 Å². The van der Waals surface area contributed by atoms with Crippen LogP contribution in [0, 0.1) is 0 Å². The second-order valence-corrected chi connectivity index (χ2v) is 4.85. The Kier molecular flexibility index (Phi) is 5.00. The van der Waals surface area contributed by atoms with Crippen LogP contribution in [0.5, 0.6) is 5.75 Å². The smallest absolute Gasteiger partial charge is 0.404 e. The minimum absolute atomic E-state index is 0.201. The van der Waals surface area contributed by atoms with Crippen molar-refractivity contribution in [3.8, 4) is 5.75 Å². The summed E-state index contributed by atoms with van der Waals surface area (Å²) in [5.41, 5.74) is 1.16. The van der Waals surface area contributed by atoms with Crippen molar-refractivity contribution in [3.63, 3.8) is 0 Å². The Balaban J connectivity index is 2.51. The van der Waals surface area contributed by atoms with Crippen LogP contribution >= 0.6 is 7.82 Å². The van der Waals surface area contributed by atoms with Crippen molar-refractivity contribution in [3.05, 3.63) is 29.8 Å². The topological polar surface area (TPSA) is 66.8 Å². The van der Waals surface area contributed by atoms with E-state index in [1.54, 1.807) is 12.1 Å². The van der Waals surface area contributed by atoms with E-state index in [-0.39, 0.29) is 5.75 Å². The summed E-state index contributed by atoms with van der Waals surface area (Å²) < 4.78 is 15.0. The van der Waals surface area contributed by atoms with Crippen molar-refractivity contribution in [2.24, 2.45) is 0 Å². The highest BCUT2D eigenvalue weighted by Gasteiger charge is 2.15. The van der Waals surface area contributed by atoms with Gasteiger partial charge in [0.05, 0.1) is 0 Å². The SMILES string of the molecule is CCCCCc1ccc(OP(=O)(O)O)cc1. The number of phosphoric ester groups is 1. The third kappa shape index (κ3) is 5.31. The summed E-state index contributed by atoms with van der Waals surface area (Å²) in [6.07, 6.45) is 4.50. The van der Waals surface area contributed by atoms with Crippen LogP contribution in [-0.2, 0) is 11.0 Å². The van der Waals surface area contributed by atoms with Gasteiger partial charge in [0.25, 0.3) is 0 Å². The first-order valence-corrected chi connectivity index (χ1v) is 6.88. The maximum Gasteiger partial charge on any atom is 0.524 e. The lowest BCUT2D eigenvalue weighted by Crippen LogP contribution is -1.91. The molecule has 0 fully saturated rings. The number of hydrogen-bond acceptors (Lipinski definition) is 2. The second-order valence-electron chi connectivity index (χ2n) is 3.68. The number of hydrogen-bond donors (Lipinski definition) is 2. The van der Waals surface area contributed by atoms with Gasteiger partial charge in [0.2, 0.25) is 0 Å². The van der Waals surface area contributed by atoms with Crippen molar-refractivity contribution < 1.29 is 18.9 Å². The lowest BCUT2D eigenvalue weighted by Gasteiger charge is -2.07. The molecule has 4 nitrogen and oxygen atoms in total. The van der Waals surface area contributed by atoms with Gasteiger partial charge in [0, 0.05) is 0 Å². The first-order valence-electron chi connectivity index (χ1n) is 5.35. The molecule has 16 heavy (non-hydrogen) atoms. The van der Waals surface area contributed by atoms with Gasteiger partial charge >= 0.3 is 7.82 Å². The van der Waals surface area contributed by atoms with E-state index in [2.05, 4.69) is 11.4 Å². The number of aryl methyl sites for hydroxylation is 1. The fourth-order valence-electron chi connectivity index (χ4n) is 1.43. The number of unbranched alkanes of at least 4 members (excludes halogenated alkanes) is 2. The van der Waals surface area contributed by atoms with Crippen molar-refractivity contribution >= 4 is 7.82 Å². The molecule has 0 saturated carbocycles. The fourth-order valence-corrected chi connectivity index (χ4v) is 1.83. The van der Waals surface area contributed by atoms with Gasteiger partial charge < -0.3 is 4.52 Å². The highest BCUT2D eigenvalue weighted by molar-refractivity contribution is 7.46. The van der Waals surface area contributed by atoms with E-state index in [0.29, 0.717) is 0 Å². The molecule has 1 rings (SSSR count). The lowest BCUT2D eigenvalue weighted by molar-refractivity contribution is 0.283. The molecule has 1 aromatic rings. The van der Waals surface area contributed by atoms with Crippen molar-refractivity contribution in [1.29, 1.82) is 0 Å². The molecule has 1 aromatic carbocycles. The van der Waals surface area contributed by atoms with Gasteiger partial charge in [-0.3, -0.25) is 9.79 Å². The minimum atomic E-state index is -4.43. The largest absolute Gasteiger partial charge is 0.524 e. The van der Waals surface area contributed by atoms with Gasteiger partial charge in [0.1, 0.15) is 5.75 Å². The van der Waals surface area contributed by atoms with Crippen LogP contribution in [0.4, 0.5) is 0 Å². The van der Waals surface area contributed by atoms with E-state index in [1.807, 2.05) is 12.1 Å². The van der Waals surface area contributed by atoms with E-state index in [0.717, 1.165) is 18.4 Å². The van der Waals surface area contributed by atoms with Crippen molar-refractivity contribution in [2.75, 3.05) is 0 Å². The van der Waals surface area contributed by atoms with Crippen LogP contribution in [0.25, 0.3) is 0 Å². The molecular weight excluding hydrogens is 227 g/mol. The van der Waals surface area contributed by atoms with Gasteiger partial charge in [0.15, 0.2) is 0 Å². The molecule has 5 heteroatoms. The summed E-state index contributed by atoms with van der Waals surface area (Å²) in [5, 5.41) is 0. The Hall–Kier alpha value is -0.830. The maximum absolute atomic E-state index is 10.6. The van der Waals surface area contributed by atoms with Gasteiger partial charge in [-0.1, -0.05) is 31.9 Å². The first-order chi connectivity index (χ1) is 7.51. The summed E-state index contributed by atoms with van der Waals surface area (Å²) in [6, 6.07) is 6.84. The van der Waals surface area contributed by atoms with Gasteiger partial charge in [-0.2, -0.15) is 0 Å². The number of rotatable bonds is 6. The molecule has 0 unspecified atom stereocenters. The molecule has 2 N–H and O–H groups in total. The summed E-state index contributed by atoms with van der Waals surface area (Å²) in [7, 11) is -4.43. The second kappa shape index (κ2) is 6.04. The van der Waals surface area contributed by atoms with Crippen LogP contribution in [0.1, 0.15) is 31.7 Å². The summed E-state index contributed by atoms with van der Waals surface area (Å²) >= 11 is 0. The minimum Gasteiger partial charge on any atom is -0.404 e. The van der Waals surface area contributed by atoms with E-state index < -0.39 is 7.82 Å². The zero-order valence-corrected chi connectivity index (χ0v) is 10.2. The zero-order valence-electron chi connectivity index (χ0n) is 9.30. The molecule has 0 bridgehead atoms. The van der Waals surface area contributed by atoms with Crippen molar-refractivity contribution in [1.82, 2.24) is 0 Å². The first kappa shape index (κ1) is 13.2. The quantitative estimate of drug-likeness (QED) is 0.596. The molecule has 0 aliphatic carbocycles. The Morgan fingerprint density at radius 3 is 2.31 bits per heavy atom. The number of phosphoric acid groups is 1. The molecule has 0 radical (unpaired) electrons. The van der Waals surface area contributed by atoms with E-state index in [1.165, 1.54) is 12.8 Å². The molecule has 0 aliphatic heterocycles. The molecule has 0 saturated heterocycles. The van der Waals surface area contributed by atoms with Crippen molar-refractivity contribution in [2.45, 2.75) is 32.6 Å². The average molecular weight is 244 g/mol. The Morgan fingerprint density at radius 1 is 1.19 bits per heavy atom. The molecule has 0 amide bonds. The number of benzene rings is 1. The predicted octanol–water partition coefficient (Wildman–Crippen LogP) is 2.89. The van der Waals surface area contributed by atoms with Gasteiger partial charge in [-0.25, -0.2) is 4.57 Å². The van der Waals surface area contributed by atoms with Gasteiger partial charge in [-0.05, 0) is 30.5 Å². The average Bonchev–Trinajstić information content (AvgIpc) is 2.19. The monoisotopic (exact) mass is 244 g/mol. The normalized spacial score (nSPS) is 11.4. The standard InChI is InChI=1S/C11H17O4P/c1-2-3-4-5-10-6-8-11(9-7-10)15-16(12,13)14/h6-9H,2-5H2,1H3,(H2,12,13,14). The molecular formula is C11H17O4P. The molecule has 0 heterocycles. The highest BCUT2D eigenvalue weighted by atomic mass is 31.2. The Bertz CT molecular complexity index is 355. The van der Waals surface area contributed by atoms with Crippen LogP contribution in [0.15, 0.2) is 24.3 Å². The van der Waals surface area contributed by atoms with E-state index >= 15 is 0 Å². The van der Waals surface area contributed by atoms with E-state index in [4.69, 9.17) is 9.79 Å². The molecule has 0 atom stereocenters. The zero-order chi connectivity index (χ0) is 12.0. The fraction of sp³-hybridized carbons (Fsp3) is 0.455. The predicted molar refractivity (Wildman–Crippen MR) is 62.3 cm³/mol. The third-order valence-corrected chi connectivity index (χ3v) is 2.67. The molecule has 0 spiro atoms. The van der Waals surface area contributed by atoms with Crippen LogP contribution in [0.3, 0.4) is 0 Å². The summed E-state index contributed by atoms with van der Waals surface area (Å²) in [5.74, 6) is 0.201. The summed E-state index contributed by atoms with van der Waals surface area (Å²) in [6.45, 7) is 2.15. The van der Waals surface area contributed by atoms with Crippen LogP contribution < -0.4 is 4.52 Å². The summed E-state index contributed by atoms with van der Waals surface area (Å²) in [4.78, 5) is 17.2. The maximum atomic E-state index is 10.6.